The number of nitrogens with zero attached hydrogens (tertiary/aromatic N) is 2. The van der Waals surface area contributed by atoms with Crippen LogP contribution in [0.3, 0.4) is 0 Å². The lowest BCUT2D eigenvalue weighted by molar-refractivity contribution is 0.433. The van der Waals surface area contributed by atoms with Gasteiger partial charge in [0.25, 0.3) is 5.56 Å². The van der Waals surface area contributed by atoms with Crippen LogP contribution in [0.2, 0.25) is 0 Å². The monoisotopic (exact) mass is 366 g/mol. The molecule has 3 nitrogen and oxygen atoms in total. The molecule has 5 heteroatoms. The van der Waals surface area contributed by atoms with Gasteiger partial charge in [0.15, 0.2) is 0 Å². The summed E-state index contributed by atoms with van der Waals surface area (Å²) in [5, 5.41) is 2.91. The van der Waals surface area contributed by atoms with Crippen molar-refractivity contribution in [1.29, 1.82) is 0 Å². The quantitative estimate of drug-likeness (QED) is 0.521. The number of fused-ring (bicyclic) bond motifs is 2. The summed E-state index contributed by atoms with van der Waals surface area (Å²) in [7, 11) is 0. The molecule has 2 heterocycles. The van der Waals surface area contributed by atoms with Crippen molar-refractivity contribution in [3.8, 4) is 0 Å². The molecule has 0 atom stereocenters. The second-order valence-corrected chi connectivity index (χ2v) is 7.66. The molecule has 4 aromatic rings. The van der Waals surface area contributed by atoms with Crippen LogP contribution in [-0.2, 0) is 13.0 Å². The fraction of sp³-hybridized carbons (Fsp3) is 0.238. The number of benzene rings is 2. The molecule has 0 unspecified atom stereocenters. The Morgan fingerprint density at radius 1 is 1.12 bits per heavy atom. The maximum atomic E-state index is 13.2. The number of thiophene rings is 1. The molecule has 132 valence electrons. The second kappa shape index (κ2) is 6.65. The summed E-state index contributed by atoms with van der Waals surface area (Å²) in [6.07, 6.45) is 0.503. The van der Waals surface area contributed by atoms with E-state index < -0.39 is 6.67 Å². The van der Waals surface area contributed by atoms with Gasteiger partial charge >= 0.3 is 0 Å². The van der Waals surface area contributed by atoms with Gasteiger partial charge in [-0.1, -0.05) is 42.5 Å². The van der Waals surface area contributed by atoms with Crippen LogP contribution >= 0.6 is 11.3 Å². The first kappa shape index (κ1) is 16.9. The van der Waals surface area contributed by atoms with E-state index in [-0.39, 0.29) is 12.1 Å². The zero-order valence-corrected chi connectivity index (χ0v) is 15.6. The molecule has 0 aliphatic carbocycles. The summed E-state index contributed by atoms with van der Waals surface area (Å²) in [6, 6.07) is 14.3. The summed E-state index contributed by atoms with van der Waals surface area (Å²) in [6.45, 7) is 3.38. The standard InChI is InChI=1S/C21H19FN2OS/c1-13-14(2)26-20-19(13)21(25)24(11-10-22)18(23-20)12-16-8-5-7-15-6-3-4-9-17(15)16/h3-9H,10-12H2,1-2H3. The Morgan fingerprint density at radius 3 is 2.69 bits per heavy atom. The van der Waals surface area contributed by atoms with E-state index >= 15 is 0 Å². The van der Waals surface area contributed by atoms with Crippen molar-refractivity contribution in [1.82, 2.24) is 9.55 Å². The maximum absolute atomic E-state index is 13.2. The molecule has 0 aliphatic rings. The van der Waals surface area contributed by atoms with Gasteiger partial charge in [-0.3, -0.25) is 9.36 Å². The van der Waals surface area contributed by atoms with Crippen LogP contribution in [0.25, 0.3) is 21.0 Å². The molecule has 0 saturated carbocycles. The molecule has 0 spiro atoms. The smallest absolute Gasteiger partial charge is 0.262 e. The lowest BCUT2D eigenvalue weighted by atomic mass is 10.0. The number of halogens is 1. The van der Waals surface area contributed by atoms with Crippen LogP contribution < -0.4 is 5.56 Å². The first-order chi connectivity index (χ1) is 12.6. The van der Waals surface area contributed by atoms with E-state index in [0.717, 1.165) is 31.6 Å². The van der Waals surface area contributed by atoms with E-state index in [9.17, 15) is 9.18 Å². The maximum Gasteiger partial charge on any atom is 0.262 e. The van der Waals surface area contributed by atoms with E-state index in [1.54, 1.807) is 0 Å². The third-order valence-corrected chi connectivity index (χ3v) is 6.01. The zero-order valence-electron chi connectivity index (χ0n) is 14.8. The van der Waals surface area contributed by atoms with E-state index in [1.807, 2.05) is 38.1 Å². The van der Waals surface area contributed by atoms with Gasteiger partial charge in [-0.15, -0.1) is 11.3 Å². The molecule has 0 aliphatic heterocycles. The summed E-state index contributed by atoms with van der Waals surface area (Å²) in [5.41, 5.74) is 1.91. The second-order valence-electron chi connectivity index (χ2n) is 6.45. The molecule has 0 saturated heterocycles. The molecule has 26 heavy (non-hydrogen) atoms. The fourth-order valence-electron chi connectivity index (χ4n) is 3.44. The summed E-state index contributed by atoms with van der Waals surface area (Å²) < 4.78 is 14.7. The normalized spacial score (nSPS) is 11.5. The van der Waals surface area contributed by atoms with E-state index in [1.165, 1.54) is 15.9 Å². The van der Waals surface area contributed by atoms with E-state index in [2.05, 4.69) is 18.2 Å². The van der Waals surface area contributed by atoms with Crippen molar-refractivity contribution >= 4 is 32.3 Å². The van der Waals surface area contributed by atoms with Crippen LogP contribution in [-0.4, -0.2) is 16.2 Å². The Kier molecular flexibility index (Phi) is 4.32. The van der Waals surface area contributed by atoms with Crippen molar-refractivity contribution in [2.24, 2.45) is 0 Å². The average Bonchev–Trinajstić information content (AvgIpc) is 2.93. The molecule has 0 amide bonds. The Hall–Kier alpha value is -2.53. The van der Waals surface area contributed by atoms with Crippen molar-refractivity contribution in [3.63, 3.8) is 0 Å². The average molecular weight is 366 g/mol. The third-order valence-electron chi connectivity index (χ3n) is 4.90. The lowest BCUT2D eigenvalue weighted by Gasteiger charge is -2.12. The fourth-order valence-corrected chi connectivity index (χ4v) is 4.48. The Labute approximate surface area is 154 Å². The minimum Gasteiger partial charge on any atom is -0.293 e. The number of rotatable bonds is 4. The first-order valence-electron chi connectivity index (χ1n) is 8.62. The SMILES string of the molecule is Cc1sc2nc(Cc3cccc4ccccc34)n(CCF)c(=O)c2c1C. The van der Waals surface area contributed by atoms with Gasteiger partial charge < -0.3 is 0 Å². The third kappa shape index (κ3) is 2.72. The van der Waals surface area contributed by atoms with Gasteiger partial charge in [-0.25, -0.2) is 9.37 Å². The van der Waals surface area contributed by atoms with Crippen LogP contribution in [0.5, 0.6) is 0 Å². The Balaban J connectivity index is 1.93. The van der Waals surface area contributed by atoms with Gasteiger partial charge in [0.1, 0.15) is 17.3 Å². The van der Waals surface area contributed by atoms with Crippen LogP contribution in [0, 0.1) is 13.8 Å². The minimum absolute atomic E-state index is 0.0379. The summed E-state index contributed by atoms with van der Waals surface area (Å²) in [4.78, 5) is 19.6. The number of hydrogen-bond acceptors (Lipinski definition) is 3. The predicted molar refractivity (Wildman–Crippen MR) is 106 cm³/mol. The molecule has 2 aromatic heterocycles. The summed E-state index contributed by atoms with van der Waals surface area (Å²) >= 11 is 1.53. The van der Waals surface area contributed by atoms with E-state index in [0.29, 0.717) is 17.6 Å². The van der Waals surface area contributed by atoms with Crippen molar-refractivity contribution in [2.75, 3.05) is 6.67 Å². The van der Waals surface area contributed by atoms with Gasteiger partial charge in [-0.2, -0.15) is 0 Å². The molecule has 2 aromatic carbocycles. The highest BCUT2D eigenvalue weighted by Crippen LogP contribution is 2.27. The first-order valence-corrected chi connectivity index (χ1v) is 9.44. The number of hydrogen-bond donors (Lipinski definition) is 0. The molecular formula is C21H19FN2OS. The van der Waals surface area contributed by atoms with Crippen molar-refractivity contribution < 1.29 is 4.39 Å². The molecule has 0 fully saturated rings. The van der Waals surface area contributed by atoms with Gasteiger partial charge in [0.2, 0.25) is 0 Å². The lowest BCUT2D eigenvalue weighted by Crippen LogP contribution is -2.26. The predicted octanol–water partition coefficient (Wildman–Crippen LogP) is 4.79. The van der Waals surface area contributed by atoms with Gasteiger partial charge in [-0.05, 0) is 35.7 Å². The highest BCUT2D eigenvalue weighted by atomic mass is 32.1. The van der Waals surface area contributed by atoms with Crippen LogP contribution in [0.15, 0.2) is 47.3 Å². The topological polar surface area (TPSA) is 34.9 Å². The summed E-state index contributed by atoms with van der Waals surface area (Å²) in [5.74, 6) is 0.623. The van der Waals surface area contributed by atoms with Gasteiger partial charge in [0, 0.05) is 11.3 Å². The van der Waals surface area contributed by atoms with Crippen LogP contribution in [0.4, 0.5) is 4.39 Å². The zero-order chi connectivity index (χ0) is 18.3. The minimum atomic E-state index is -0.586. The van der Waals surface area contributed by atoms with Crippen LogP contribution in [0.1, 0.15) is 21.8 Å². The molecule has 0 radical (unpaired) electrons. The van der Waals surface area contributed by atoms with Crippen molar-refractivity contribution in [3.05, 3.63) is 74.6 Å². The highest BCUT2D eigenvalue weighted by Gasteiger charge is 2.17. The molecule has 0 N–H and O–H groups in total. The Morgan fingerprint density at radius 2 is 1.88 bits per heavy atom. The molecule has 0 bridgehead atoms. The largest absolute Gasteiger partial charge is 0.293 e. The van der Waals surface area contributed by atoms with E-state index in [4.69, 9.17) is 4.98 Å². The molecule has 4 rings (SSSR count). The number of aryl methyl sites for hydroxylation is 2. The van der Waals surface area contributed by atoms with Crippen molar-refractivity contribution in [2.45, 2.75) is 26.8 Å². The number of alkyl halides is 1. The molecular weight excluding hydrogens is 347 g/mol. The number of aromatic nitrogens is 2. The van der Waals surface area contributed by atoms with Gasteiger partial charge in [0.05, 0.1) is 11.9 Å². The highest BCUT2D eigenvalue weighted by molar-refractivity contribution is 7.18. The Bertz CT molecular complexity index is 1170.